The Kier molecular flexibility index (Phi) is 6.54. The molecule has 0 saturated heterocycles. The van der Waals surface area contributed by atoms with Crippen LogP contribution in [0.2, 0.25) is 0 Å². The van der Waals surface area contributed by atoms with Crippen molar-refractivity contribution >= 4 is 35.0 Å². The third-order valence-electron chi connectivity index (χ3n) is 2.78. The van der Waals surface area contributed by atoms with E-state index in [1.54, 1.807) is 12.1 Å². The zero-order valence-corrected chi connectivity index (χ0v) is 13.0. The van der Waals surface area contributed by atoms with Crippen LogP contribution >= 0.6 is 11.8 Å². The van der Waals surface area contributed by atoms with Gasteiger partial charge in [0, 0.05) is 18.5 Å². The van der Waals surface area contributed by atoms with E-state index in [1.807, 2.05) is 26.2 Å². The van der Waals surface area contributed by atoms with Crippen LogP contribution in [0.1, 0.15) is 12.5 Å². The summed E-state index contributed by atoms with van der Waals surface area (Å²) < 4.78 is 4.76. The van der Waals surface area contributed by atoms with Crippen molar-refractivity contribution in [3.8, 4) is 0 Å². The van der Waals surface area contributed by atoms with E-state index in [2.05, 4.69) is 10.6 Å². The molecule has 0 radical (unpaired) electrons. The number of amides is 2. The minimum Gasteiger partial charge on any atom is -0.375 e. The number of carbonyl (C=O) groups excluding carboxylic acids is 2. The Balaban J connectivity index is 2.81. The first-order valence-corrected chi connectivity index (χ1v) is 7.49. The van der Waals surface area contributed by atoms with Crippen molar-refractivity contribution in [3.05, 3.63) is 23.8 Å². The fourth-order valence-corrected chi connectivity index (χ4v) is 1.78. The molecule has 6 heteroatoms. The monoisotopic (exact) mass is 296 g/mol. The predicted molar refractivity (Wildman–Crippen MR) is 83.3 cm³/mol. The third kappa shape index (κ3) is 4.86. The Labute approximate surface area is 123 Å². The second kappa shape index (κ2) is 7.91. The van der Waals surface area contributed by atoms with Gasteiger partial charge in [0.25, 0.3) is 0 Å². The van der Waals surface area contributed by atoms with Gasteiger partial charge in [0.15, 0.2) is 0 Å². The molecule has 2 amide bonds. The van der Waals surface area contributed by atoms with E-state index >= 15 is 0 Å². The molecule has 1 unspecified atom stereocenters. The number of thioether (sulfide) groups is 1. The highest BCUT2D eigenvalue weighted by atomic mass is 32.2. The highest BCUT2D eigenvalue weighted by Gasteiger charge is 2.13. The second-order valence-corrected chi connectivity index (χ2v) is 5.56. The number of ether oxygens (including phenoxy) is 1. The predicted octanol–water partition coefficient (Wildman–Crippen LogP) is 2.27. The Bertz CT molecular complexity index is 491. The van der Waals surface area contributed by atoms with Gasteiger partial charge >= 0.3 is 0 Å². The van der Waals surface area contributed by atoms with Crippen LogP contribution in [0.15, 0.2) is 18.2 Å². The van der Waals surface area contributed by atoms with Crippen molar-refractivity contribution in [2.24, 2.45) is 0 Å². The van der Waals surface area contributed by atoms with Crippen LogP contribution in [0.3, 0.4) is 0 Å². The molecule has 0 aliphatic carbocycles. The quantitative estimate of drug-likeness (QED) is 0.845. The molecule has 0 aromatic heterocycles. The van der Waals surface area contributed by atoms with Crippen LogP contribution < -0.4 is 10.6 Å². The Morgan fingerprint density at radius 3 is 2.65 bits per heavy atom. The first-order valence-electron chi connectivity index (χ1n) is 6.21. The fraction of sp³-hybridized carbons (Fsp3) is 0.429. The second-order valence-electron chi connectivity index (χ2n) is 4.38. The molecule has 0 saturated carbocycles. The molecule has 1 atom stereocenters. The van der Waals surface area contributed by atoms with Crippen LogP contribution in [0.4, 0.5) is 11.4 Å². The molecule has 1 aromatic rings. The SMILES string of the molecule is COCC(=O)Nc1ccc(C)c(NC(=O)C(C)SC)c1. The zero-order chi connectivity index (χ0) is 15.1. The smallest absolute Gasteiger partial charge is 0.250 e. The van der Waals surface area contributed by atoms with Gasteiger partial charge in [-0.1, -0.05) is 6.07 Å². The summed E-state index contributed by atoms with van der Waals surface area (Å²) in [6, 6.07) is 5.38. The summed E-state index contributed by atoms with van der Waals surface area (Å²) in [5.74, 6) is -0.285. The topological polar surface area (TPSA) is 67.4 Å². The number of methoxy groups -OCH3 is 1. The summed E-state index contributed by atoms with van der Waals surface area (Å²) in [6.07, 6.45) is 1.89. The molecule has 110 valence electrons. The highest BCUT2D eigenvalue weighted by molar-refractivity contribution is 7.99. The Hall–Kier alpha value is -1.53. The maximum absolute atomic E-state index is 11.9. The summed E-state index contributed by atoms with van der Waals surface area (Å²) in [5, 5.41) is 5.45. The fourth-order valence-electron chi connectivity index (χ4n) is 1.50. The van der Waals surface area contributed by atoms with Gasteiger partial charge in [0.05, 0.1) is 5.25 Å². The number of aryl methyl sites for hydroxylation is 1. The number of nitrogens with one attached hydrogen (secondary N) is 2. The highest BCUT2D eigenvalue weighted by Crippen LogP contribution is 2.21. The maximum Gasteiger partial charge on any atom is 0.250 e. The van der Waals surface area contributed by atoms with Crippen molar-refractivity contribution in [3.63, 3.8) is 0 Å². The lowest BCUT2D eigenvalue weighted by Crippen LogP contribution is -2.23. The summed E-state index contributed by atoms with van der Waals surface area (Å²) in [4.78, 5) is 23.4. The molecule has 1 aromatic carbocycles. The van der Waals surface area contributed by atoms with E-state index < -0.39 is 0 Å². The lowest BCUT2D eigenvalue weighted by Gasteiger charge is -2.13. The van der Waals surface area contributed by atoms with E-state index in [0.29, 0.717) is 11.4 Å². The van der Waals surface area contributed by atoms with Crippen LogP contribution in [0.5, 0.6) is 0 Å². The normalized spacial score (nSPS) is 11.8. The summed E-state index contributed by atoms with van der Waals surface area (Å²) >= 11 is 1.48. The van der Waals surface area contributed by atoms with Gasteiger partial charge in [0.2, 0.25) is 11.8 Å². The molecule has 0 bridgehead atoms. The molecular weight excluding hydrogens is 276 g/mol. The summed E-state index contributed by atoms with van der Waals surface area (Å²) in [5.41, 5.74) is 2.27. The lowest BCUT2D eigenvalue weighted by molar-refractivity contribution is -0.119. The van der Waals surface area contributed by atoms with Crippen LogP contribution in [-0.2, 0) is 14.3 Å². The molecule has 0 aliphatic rings. The lowest BCUT2D eigenvalue weighted by atomic mass is 10.1. The van der Waals surface area contributed by atoms with E-state index in [-0.39, 0.29) is 23.7 Å². The van der Waals surface area contributed by atoms with E-state index in [4.69, 9.17) is 4.74 Å². The molecule has 5 nitrogen and oxygen atoms in total. The first-order chi connectivity index (χ1) is 9.47. The molecule has 2 N–H and O–H groups in total. The van der Waals surface area contributed by atoms with Gasteiger partial charge in [-0.2, -0.15) is 11.8 Å². The number of hydrogen-bond donors (Lipinski definition) is 2. The maximum atomic E-state index is 11.9. The number of rotatable bonds is 6. The minimum absolute atomic E-state index is 0.000915. The van der Waals surface area contributed by atoms with E-state index in [0.717, 1.165) is 5.56 Å². The average Bonchev–Trinajstić information content (AvgIpc) is 2.41. The van der Waals surface area contributed by atoms with Crippen LogP contribution in [0, 0.1) is 6.92 Å². The van der Waals surface area contributed by atoms with Gasteiger partial charge in [-0.15, -0.1) is 0 Å². The molecule has 0 spiro atoms. The van der Waals surface area contributed by atoms with Crippen molar-refractivity contribution in [2.45, 2.75) is 19.1 Å². The molecule has 1 rings (SSSR count). The zero-order valence-electron chi connectivity index (χ0n) is 12.1. The van der Waals surface area contributed by atoms with Gasteiger partial charge in [0.1, 0.15) is 6.61 Å². The minimum atomic E-state index is -0.230. The van der Waals surface area contributed by atoms with Gasteiger partial charge in [-0.05, 0) is 37.8 Å². The van der Waals surface area contributed by atoms with Crippen molar-refractivity contribution in [1.82, 2.24) is 0 Å². The number of carbonyl (C=O) groups is 2. The van der Waals surface area contributed by atoms with Gasteiger partial charge in [-0.3, -0.25) is 9.59 Å². The average molecular weight is 296 g/mol. The number of anilines is 2. The van der Waals surface area contributed by atoms with E-state index in [1.165, 1.54) is 18.9 Å². The molecule has 20 heavy (non-hydrogen) atoms. The number of benzene rings is 1. The molecule has 0 fully saturated rings. The molecule has 0 aliphatic heterocycles. The standard InChI is InChI=1S/C14H20N2O3S/c1-9-5-6-11(15-13(17)8-19-3)7-12(9)16-14(18)10(2)20-4/h5-7,10H,8H2,1-4H3,(H,15,17)(H,16,18). The van der Waals surface area contributed by atoms with Crippen LogP contribution in [0.25, 0.3) is 0 Å². The van der Waals surface area contributed by atoms with Crippen LogP contribution in [-0.4, -0.2) is 37.0 Å². The third-order valence-corrected chi connectivity index (χ3v) is 3.70. The van der Waals surface area contributed by atoms with Crippen molar-refractivity contribution < 1.29 is 14.3 Å². The van der Waals surface area contributed by atoms with Crippen molar-refractivity contribution in [1.29, 1.82) is 0 Å². The molecular formula is C14H20N2O3S. The van der Waals surface area contributed by atoms with Crippen molar-refractivity contribution in [2.75, 3.05) is 30.6 Å². The first kappa shape index (κ1) is 16.5. The largest absolute Gasteiger partial charge is 0.375 e. The van der Waals surface area contributed by atoms with Gasteiger partial charge < -0.3 is 15.4 Å². The summed E-state index contributed by atoms with van der Waals surface area (Å²) in [7, 11) is 1.46. The molecule has 0 heterocycles. The summed E-state index contributed by atoms with van der Waals surface area (Å²) in [6.45, 7) is 3.75. The Morgan fingerprint density at radius 1 is 1.35 bits per heavy atom. The van der Waals surface area contributed by atoms with E-state index in [9.17, 15) is 9.59 Å². The Morgan fingerprint density at radius 2 is 2.05 bits per heavy atom. The van der Waals surface area contributed by atoms with Gasteiger partial charge in [-0.25, -0.2) is 0 Å². The number of hydrogen-bond acceptors (Lipinski definition) is 4.